The van der Waals surface area contributed by atoms with Crippen LogP contribution in [0.15, 0.2) is 17.5 Å². The van der Waals surface area contributed by atoms with Gasteiger partial charge in [-0.1, -0.05) is 18.3 Å². The maximum atomic E-state index is 11.6. The molecule has 0 amide bonds. The van der Waals surface area contributed by atoms with E-state index in [4.69, 9.17) is 5.73 Å². The fourth-order valence-electron chi connectivity index (χ4n) is 1.05. The Bertz CT molecular complexity index is 439. The highest BCUT2D eigenvalue weighted by Gasteiger charge is 2.22. The highest BCUT2D eigenvalue weighted by Crippen LogP contribution is 2.08. The predicted molar refractivity (Wildman–Crippen MR) is 71.2 cm³/mol. The van der Waals surface area contributed by atoms with Crippen LogP contribution in [-0.4, -0.2) is 25.2 Å². The molecule has 1 heterocycles. The molecule has 0 radical (unpaired) electrons. The summed E-state index contributed by atoms with van der Waals surface area (Å²) in [6.07, 6.45) is 0.681. The van der Waals surface area contributed by atoms with E-state index < -0.39 is 15.3 Å². The molecule has 7 heteroatoms. The molecule has 0 saturated carbocycles. The molecule has 0 aromatic carbocycles. The van der Waals surface area contributed by atoms with Gasteiger partial charge in [0.2, 0.25) is 10.0 Å². The van der Waals surface area contributed by atoms with Crippen LogP contribution < -0.4 is 10.5 Å². The number of nitrogens with two attached hydrogens (primary N) is 1. The quantitative estimate of drug-likeness (QED) is 0.758. The van der Waals surface area contributed by atoms with E-state index in [-0.39, 0.29) is 4.99 Å². The minimum Gasteiger partial charge on any atom is -0.392 e. The second-order valence-corrected chi connectivity index (χ2v) is 6.90. The minimum absolute atomic E-state index is 0.0105. The zero-order valence-electron chi connectivity index (χ0n) is 8.84. The monoisotopic (exact) mass is 278 g/mol. The zero-order valence-corrected chi connectivity index (χ0v) is 11.3. The van der Waals surface area contributed by atoms with Gasteiger partial charge in [0.1, 0.15) is 5.25 Å². The van der Waals surface area contributed by atoms with Crippen LogP contribution in [0.25, 0.3) is 0 Å². The van der Waals surface area contributed by atoms with Gasteiger partial charge in [-0.15, -0.1) is 11.3 Å². The molecule has 16 heavy (non-hydrogen) atoms. The molecule has 3 N–H and O–H groups in total. The van der Waals surface area contributed by atoms with Gasteiger partial charge in [0.15, 0.2) is 0 Å². The van der Waals surface area contributed by atoms with Crippen LogP contribution >= 0.6 is 23.6 Å². The fraction of sp³-hybridized carbons (Fsp3) is 0.444. The van der Waals surface area contributed by atoms with Gasteiger partial charge in [-0.2, -0.15) is 0 Å². The van der Waals surface area contributed by atoms with E-state index in [2.05, 4.69) is 16.9 Å². The first kappa shape index (κ1) is 13.6. The molecule has 1 aromatic rings. The molecule has 1 aromatic heterocycles. The molecule has 1 atom stereocenters. The smallest absolute Gasteiger partial charge is 0.220 e. The van der Waals surface area contributed by atoms with Gasteiger partial charge in [-0.3, -0.25) is 0 Å². The molecular weight excluding hydrogens is 264 g/mol. The summed E-state index contributed by atoms with van der Waals surface area (Å²) in [4.78, 5) is 1.13. The van der Waals surface area contributed by atoms with E-state index >= 15 is 0 Å². The van der Waals surface area contributed by atoms with E-state index in [1.165, 1.54) is 6.92 Å². The van der Waals surface area contributed by atoms with Crippen molar-refractivity contribution >= 4 is 38.6 Å². The zero-order chi connectivity index (χ0) is 12.2. The molecule has 0 fully saturated rings. The van der Waals surface area contributed by atoms with E-state index in [1.54, 1.807) is 11.3 Å². The Morgan fingerprint density at radius 3 is 2.88 bits per heavy atom. The third-order valence-electron chi connectivity index (χ3n) is 2.12. The van der Waals surface area contributed by atoms with Crippen molar-refractivity contribution in [2.75, 3.05) is 6.54 Å². The van der Waals surface area contributed by atoms with Gasteiger partial charge in [-0.25, -0.2) is 13.1 Å². The number of thiocarbonyl (C=S) groups is 1. The lowest BCUT2D eigenvalue weighted by Crippen LogP contribution is -2.40. The topological polar surface area (TPSA) is 72.2 Å². The number of rotatable bonds is 6. The van der Waals surface area contributed by atoms with E-state index in [0.29, 0.717) is 13.0 Å². The van der Waals surface area contributed by atoms with Crippen LogP contribution in [0.4, 0.5) is 0 Å². The third-order valence-corrected chi connectivity index (χ3v) is 5.35. The second kappa shape index (κ2) is 5.72. The maximum absolute atomic E-state index is 11.6. The first-order chi connectivity index (χ1) is 7.43. The summed E-state index contributed by atoms with van der Waals surface area (Å²) in [5.74, 6) is 0. The molecule has 0 bridgehead atoms. The van der Waals surface area contributed by atoms with Crippen LogP contribution in [-0.2, 0) is 16.4 Å². The van der Waals surface area contributed by atoms with Gasteiger partial charge in [0.05, 0.1) is 4.99 Å². The second-order valence-electron chi connectivity index (χ2n) is 3.31. The van der Waals surface area contributed by atoms with Crippen molar-refractivity contribution in [3.05, 3.63) is 22.4 Å². The standard InChI is InChI=1S/C9H14N2O2S3/c1-7(9(10)14)16(12,13)11-5-4-8-3-2-6-15-8/h2-3,6-7,11H,4-5H2,1H3,(H2,10,14). The third kappa shape index (κ3) is 3.82. The first-order valence-corrected chi connectivity index (χ1v) is 7.57. The Balaban J connectivity index is 2.46. The van der Waals surface area contributed by atoms with Crippen LogP contribution in [0.1, 0.15) is 11.8 Å². The Kier molecular flexibility index (Phi) is 4.85. The molecule has 0 saturated heterocycles. The maximum Gasteiger partial charge on any atom is 0.220 e. The highest BCUT2D eigenvalue weighted by atomic mass is 32.2. The summed E-state index contributed by atoms with van der Waals surface area (Å²) in [6, 6.07) is 3.90. The van der Waals surface area contributed by atoms with Crippen molar-refractivity contribution in [2.45, 2.75) is 18.6 Å². The Labute approximate surface area is 105 Å². The van der Waals surface area contributed by atoms with Gasteiger partial charge in [0, 0.05) is 11.4 Å². The van der Waals surface area contributed by atoms with E-state index in [1.807, 2.05) is 17.5 Å². The lowest BCUT2D eigenvalue weighted by Gasteiger charge is -2.11. The lowest BCUT2D eigenvalue weighted by atomic mass is 10.3. The summed E-state index contributed by atoms with van der Waals surface area (Å²) < 4.78 is 25.7. The number of sulfonamides is 1. The number of thiophene rings is 1. The summed E-state index contributed by atoms with van der Waals surface area (Å²) in [7, 11) is -3.42. The largest absolute Gasteiger partial charge is 0.392 e. The summed E-state index contributed by atoms with van der Waals surface area (Å²) in [5.41, 5.74) is 5.30. The predicted octanol–water partition coefficient (Wildman–Crippen LogP) is 0.885. The Hall–Kier alpha value is -0.500. The highest BCUT2D eigenvalue weighted by molar-refractivity contribution is 7.93. The lowest BCUT2D eigenvalue weighted by molar-refractivity contribution is 0.579. The summed E-state index contributed by atoms with van der Waals surface area (Å²) in [5, 5.41) is 1.13. The molecule has 0 aliphatic carbocycles. The first-order valence-electron chi connectivity index (χ1n) is 4.73. The summed E-state index contributed by atoms with van der Waals surface area (Å²) in [6.45, 7) is 1.85. The molecule has 4 nitrogen and oxygen atoms in total. The van der Waals surface area contributed by atoms with Gasteiger partial charge in [0.25, 0.3) is 0 Å². The van der Waals surface area contributed by atoms with Crippen LogP contribution in [0.3, 0.4) is 0 Å². The van der Waals surface area contributed by atoms with Crippen LogP contribution in [0, 0.1) is 0 Å². The van der Waals surface area contributed by atoms with E-state index in [0.717, 1.165) is 4.88 Å². The van der Waals surface area contributed by atoms with Crippen LogP contribution in [0.2, 0.25) is 0 Å². The number of nitrogens with one attached hydrogen (secondary N) is 1. The summed E-state index contributed by atoms with van der Waals surface area (Å²) >= 11 is 6.26. The molecule has 0 aliphatic rings. The molecule has 90 valence electrons. The molecule has 1 unspecified atom stereocenters. The van der Waals surface area contributed by atoms with Crippen LogP contribution in [0.5, 0.6) is 0 Å². The normalized spacial score (nSPS) is 13.6. The Morgan fingerprint density at radius 2 is 2.38 bits per heavy atom. The number of hydrogen-bond donors (Lipinski definition) is 2. The van der Waals surface area contributed by atoms with Gasteiger partial charge in [-0.05, 0) is 24.8 Å². The minimum atomic E-state index is -3.42. The molecular formula is C9H14N2O2S3. The van der Waals surface area contributed by atoms with Crippen molar-refractivity contribution in [1.29, 1.82) is 0 Å². The average Bonchev–Trinajstić information content (AvgIpc) is 2.69. The van der Waals surface area contributed by atoms with Crippen molar-refractivity contribution < 1.29 is 8.42 Å². The molecule has 1 rings (SSSR count). The average molecular weight is 278 g/mol. The van der Waals surface area contributed by atoms with Crippen molar-refractivity contribution in [2.24, 2.45) is 5.73 Å². The fourth-order valence-corrected chi connectivity index (χ4v) is 3.08. The molecule has 0 spiro atoms. The SMILES string of the molecule is CC(C(N)=S)S(=O)(=O)NCCc1cccs1. The van der Waals surface area contributed by atoms with E-state index in [9.17, 15) is 8.42 Å². The van der Waals surface area contributed by atoms with Gasteiger partial charge < -0.3 is 5.73 Å². The van der Waals surface area contributed by atoms with Crippen molar-refractivity contribution in [3.63, 3.8) is 0 Å². The van der Waals surface area contributed by atoms with Gasteiger partial charge >= 0.3 is 0 Å². The molecule has 0 aliphatic heterocycles. The van der Waals surface area contributed by atoms with Crippen molar-refractivity contribution in [3.8, 4) is 0 Å². The van der Waals surface area contributed by atoms with Crippen molar-refractivity contribution in [1.82, 2.24) is 4.72 Å². The number of hydrogen-bond acceptors (Lipinski definition) is 4. The Morgan fingerprint density at radius 1 is 1.69 bits per heavy atom.